The van der Waals surface area contributed by atoms with E-state index in [1.165, 1.54) is 12.4 Å². The van der Waals surface area contributed by atoms with Crippen LogP contribution in [-0.4, -0.2) is 25.6 Å². The van der Waals surface area contributed by atoms with E-state index in [1.807, 2.05) is 24.3 Å². The summed E-state index contributed by atoms with van der Waals surface area (Å²) in [7, 11) is 0. The molecule has 0 aliphatic rings. The zero-order chi connectivity index (χ0) is 18.5. The Bertz CT molecular complexity index is 921. The van der Waals surface area contributed by atoms with Crippen LogP contribution in [0.4, 0.5) is 5.69 Å². The molecular formula is C18H17N5O3. The Labute approximate surface area is 149 Å². The minimum absolute atomic E-state index is 0.0674. The SMILES string of the molecule is Cc1cccc(C(=O)NCc2ccc(Cn3cncn3)cc2)c1[N+](=O)[O-]. The van der Waals surface area contributed by atoms with Crippen LogP contribution >= 0.6 is 0 Å². The summed E-state index contributed by atoms with van der Waals surface area (Å²) in [5, 5.41) is 18.0. The van der Waals surface area contributed by atoms with Gasteiger partial charge in [0.1, 0.15) is 18.2 Å². The third-order valence-corrected chi connectivity index (χ3v) is 3.95. The fraction of sp³-hybridized carbons (Fsp3) is 0.167. The minimum atomic E-state index is -0.525. The van der Waals surface area contributed by atoms with Crippen molar-refractivity contribution in [2.45, 2.75) is 20.0 Å². The Hall–Kier alpha value is -3.55. The summed E-state index contributed by atoms with van der Waals surface area (Å²) in [5.41, 5.74) is 2.32. The quantitative estimate of drug-likeness (QED) is 0.543. The van der Waals surface area contributed by atoms with Gasteiger partial charge in [0.15, 0.2) is 0 Å². The number of nitro groups is 1. The predicted octanol–water partition coefficient (Wildman–Crippen LogP) is 2.47. The van der Waals surface area contributed by atoms with E-state index in [9.17, 15) is 14.9 Å². The van der Waals surface area contributed by atoms with Gasteiger partial charge in [-0.1, -0.05) is 36.4 Å². The average molecular weight is 351 g/mol. The fourth-order valence-corrected chi connectivity index (χ4v) is 2.63. The van der Waals surface area contributed by atoms with E-state index in [4.69, 9.17) is 0 Å². The normalized spacial score (nSPS) is 10.5. The highest BCUT2D eigenvalue weighted by atomic mass is 16.6. The lowest BCUT2D eigenvalue weighted by atomic mass is 10.1. The number of rotatable bonds is 6. The summed E-state index contributed by atoms with van der Waals surface area (Å²) in [6, 6.07) is 12.4. The molecule has 1 aromatic heterocycles. The van der Waals surface area contributed by atoms with Gasteiger partial charge in [-0.05, 0) is 24.1 Å². The molecule has 3 rings (SSSR count). The smallest absolute Gasteiger partial charge is 0.285 e. The van der Waals surface area contributed by atoms with Crippen LogP contribution in [0.15, 0.2) is 55.1 Å². The Morgan fingerprint density at radius 1 is 1.19 bits per heavy atom. The maximum Gasteiger partial charge on any atom is 0.285 e. The number of aromatic nitrogens is 3. The van der Waals surface area contributed by atoms with Crippen LogP contribution < -0.4 is 5.32 Å². The number of para-hydroxylation sites is 1. The van der Waals surface area contributed by atoms with Crippen LogP contribution in [0, 0.1) is 17.0 Å². The molecule has 0 atom stereocenters. The van der Waals surface area contributed by atoms with Gasteiger partial charge in [-0.3, -0.25) is 14.9 Å². The zero-order valence-electron chi connectivity index (χ0n) is 14.1. The number of hydrogen-bond donors (Lipinski definition) is 1. The van der Waals surface area contributed by atoms with Crippen LogP contribution in [0.1, 0.15) is 27.0 Å². The molecule has 0 unspecified atom stereocenters. The molecule has 0 fully saturated rings. The van der Waals surface area contributed by atoms with Gasteiger partial charge in [0.25, 0.3) is 11.6 Å². The molecule has 0 saturated heterocycles. The number of amides is 1. The monoisotopic (exact) mass is 351 g/mol. The Morgan fingerprint density at radius 2 is 1.92 bits per heavy atom. The van der Waals surface area contributed by atoms with E-state index in [2.05, 4.69) is 15.4 Å². The lowest BCUT2D eigenvalue weighted by molar-refractivity contribution is -0.385. The molecular weight excluding hydrogens is 334 g/mol. The Kier molecular flexibility index (Phi) is 5.02. The zero-order valence-corrected chi connectivity index (χ0v) is 14.1. The lowest BCUT2D eigenvalue weighted by Gasteiger charge is -2.08. The van der Waals surface area contributed by atoms with Crippen molar-refractivity contribution in [3.63, 3.8) is 0 Å². The molecule has 0 aliphatic carbocycles. The summed E-state index contributed by atoms with van der Waals surface area (Å²) in [6.45, 7) is 2.51. The first kappa shape index (κ1) is 17.3. The van der Waals surface area contributed by atoms with E-state index in [0.29, 0.717) is 12.1 Å². The minimum Gasteiger partial charge on any atom is -0.348 e. The van der Waals surface area contributed by atoms with Crippen molar-refractivity contribution < 1.29 is 9.72 Å². The maximum absolute atomic E-state index is 12.3. The molecule has 26 heavy (non-hydrogen) atoms. The van der Waals surface area contributed by atoms with Crippen molar-refractivity contribution in [3.8, 4) is 0 Å². The summed E-state index contributed by atoms with van der Waals surface area (Å²) in [5.74, 6) is -0.466. The Balaban J connectivity index is 1.65. The molecule has 1 amide bonds. The number of benzene rings is 2. The molecule has 0 spiro atoms. The first-order chi connectivity index (χ1) is 12.5. The first-order valence-corrected chi connectivity index (χ1v) is 7.97. The van der Waals surface area contributed by atoms with Crippen LogP contribution in [-0.2, 0) is 13.1 Å². The highest BCUT2D eigenvalue weighted by Crippen LogP contribution is 2.22. The maximum atomic E-state index is 12.3. The molecule has 8 heteroatoms. The molecule has 0 saturated carbocycles. The van der Waals surface area contributed by atoms with E-state index in [0.717, 1.165) is 11.1 Å². The first-order valence-electron chi connectivity index (χ1n) is 7.97. The summed E-state index contributed by atoms with van der Waals surface area (Å²) < 4.78 is 1.72. The second-order valence-corrected chi connectivity index (χ2v) is 5.82. The van der Waals surface area contributed by atoms with E-state index in [-0.39, 0.29) is 17.8 Å². The second-order valence-electron chi connectivity index (χ2n) is 5.82. The molecule has 0 bridgehead atoms. The number of hydrogen-bond acceptors (Lipinski definition) is 5. The van der Waals surface area contributed by atoms with Gasteiger partial charge < -0.3 is 5.32 Å². The number of nitro benzene ring substituents is 1. The third-order valence-electron chi connectivity index (χ3n) is 3.95. The van der Waals surface area contributed by atoms with Crippen molar-refractivity contribution >= 4 is 11.6 Å². The number of carbonyl (C=O) groups excluding carboxylic acids is 1. The van der Waals surface area contributed by atoms with E-state index in [1.54, 1.807) is 30.1 Å². The van der Waals surface area contributed by atoms with Crippen molar-refractivity contribution in [1.82, 2.24) is 20.1 Å². The largest absolute Gasteiger partial charge is 0.348 e. The fourth-order valence-electron chi connectivity index (χ4n) is 2.63. The molecule has 0 radical (unpaired) electrons. The van der Waals surface area contributed by atoms with Gasteiger partial charge in [0.2, 0.25) is 0 Å². The van der Waals surface area contributed by atoms with Gasteiger partial charge >= 0.3 is 0 Å². The summed E-state index contributed by atoms with van der Waals surface area (Å²) in [4.78, 5) is 26.9. The summed E-state index contributed by atoms with van der Waals surface area (Å²) >= 11 is 0. The standard InChI is InChI=1S/C18H17N5O3/c1-13-3-2-4-16(17(13)23(25)26)18(24)20-9-14-5-7-15(8-6-14)10-22-12-19-11-21-22/h2-8,11-12H,9-10H2,1H3,(H,20,24). The van der Waals surface area contributed by atoms with Crippen LogP contribution in [0.2, 0.25) is 0 Å². The van der Waals surface area contributed by atoms with Gasteiger partial charge in [-0.25, -0.2) is 9.67 Å². The topological polar surface area (TPSA) is 103 Å². The number of carbonyl (C=O) groups is 1. The van der Waals surface area contributed by atoms with Gasteiger partial charge in [-0.15, -0.1) is 0 Å². The Morgan fingerprint density at radius 3 is 2.58 bits per heavy atom. The van der Waals surface area contributed by atoms with Gasteiger partial charge in [-0.2, -0.15) is 5.10 Å². The predicted molar refractivity (Wildman–Crippen MR) is 94.6 cm³/mol. The van der Waals surface area contributed by atoms with Crippen LogP contribution in [0.5, 0.6) is 0 Å². The molecule has 8 nitrogen and oxygen atoms in total. The third kappa shape index (κ3) is 3.92. The van der Waals surface area contributed by atoms with Crippen LogP contribution in [0.25, 0.3) is 0 Å². The molecule has 1 heterocycles. The number of aryl methyl sites for hydroxylation is 1. The van der Waals surface area contributed by atoms with Crippen LogP contribution in [0.3, 0.4) is 0 Å². The number of nitrogens with zero attached hydrogens (tertiary/aromatic N) is 4. The summed E-state index contributed by atoms with van der Waals surface area (Å²) in [6.07, 6.45) is 3.12. The van der Waals surface area contributed by atoms with Crippen molar-refractivity contribution in [3.05, 3.63) is 87.5 Å². The average Bonchev–Trinajstić information content (AvgIpc) is 3.13. The molecule has 1 N–H and O–H groups in total. The molecule has 132 valence electrons. The van der Waals surface area contributed by atoms with Gasteiger partial charge in [0.05, 0.1) is 11.5 Å². The number of nitrogens with one attached hydrogen (secondary N) is 1. The van der Waals surface area contributed by atoms with Crippen molar-refractivity contribution in [2.24, 2.45) is 0 Å². The molecule has 2 aromatic carbocycles. The lowest BCUT2D eigenvalue weighted by Crippen LogP contribution is -2.24. The molecule has 3 aromatic rings. The highest BCUT2D eigenvalue weighted by Gasteiger charge is 2.21. The second kappa shape index (κ2) is 7.56. The molecule has 0 aliphatic heterocycles. The van der Waals surface area contributed by atoms with E-state index < -0.39 is 10.8 Å². The van der Waals surface area contributed by atoms with Crippen molar-refractivity contribution in [1.29, 1.82) is 0 Å². The van der Waals surface area contributed by atoms with E-state index >= 15 is 0 Å². The highest BCUT2D eigenvalue weighted by molar-refractivity contribution is 5.98. The van der Waals surface area contributed by atoms with Gasteiger partial charge in [0, 0.05) is 12.1 Å². The van der Waals surface area contributed by atoms with Crippen molar-refractivity contribution in [2.75, 3.05) is 0 Å².